The molecular formula is C14H16F3NO4S. The molecule has 0 unspecified atom stereocenters. The normalized spacial score (nSPS) is 14.8. The molecule has 1 aromatic carbocycles. The zero-order chi connectivity index (χ0) is 17.9. The summed E-state index contributed by atoms with van der Waals surface area (Å²) in [5.74, 6) is -1.76. The third-order valence-electron chi connectivity index (χ3n) is 2.95. The summed E-state index contributed by atoms with van der Waals surface area (Å²) in [5.41, 5.74) is -3.48. The molecule has 0 aliphatic heterocycles. The predicted octanol–water partition coefficient (Wildman–Crippen LogP) is 2.41. The van der Waals surface area contributed by atoms with Crippen molar-refractivity contribution in [2.45, 2.75) is 30.0 Å². The zero-order valence-corrected chi connectivity index (χ0v) is 13.3. The Bertz CT molecular complexity index is 686. The number of halogens is 3. The van der Waals surface area contributed by atoms with Crippen molar-refractivity contribution < 1.29 is 31.1 Å². The molecule has 1 atom stereocenters. The van der Waals surface area contributed by atoms with Crippen LogP contribution in [0.2, 0.25) is 0 Å². The molecule has 0 heterocycles. The number of rotatable bonds is 6. The summed E-state index contributed by atoms with van der Waals surface area (Å²) in [6, 6.07) is 6.43. The highest BCUT2D eigenvalue weighted by molar-refractivity contribution is 7.89. The van der Waals surface area contributed by atoms with Crippen LogP contribution < -0.4 is 4.72 Å². The van der Waals surface area contributed by atoms with Crippen molar-refractivity contribution in [2.75, 3.05) is 7.11 Å². The third-order valence-corrected chi connectivity index (χ3v) is 4.46. The van der Waals surface area contributed by atoms with Crippen molar-refractivity contribution in [2.24, 2.45) is 0 Å². The third kappa shape index (κ3) is 4.11. The molecule has 0 spiro atoms. The summed E-state index contributed by atoms with van der Waals surface area (Å²) in [6.07, 6.45) is -6.20. The Morgan fingerprint density at radius 2 is 1.78 bits per heavy atom. The van der Waals surface area contributed by atoms with Crippen molar-refractivity contribution in [3.63, 3.8) is 0 Å². The number of alkyl halides is 3. The van der Waals surface area contributed by atoms with Crippen molar-refractivity contribution >= 4 is 16.0 Å². The van der Waals surface area contributed by atoms with Crippen LogP contribution in [0.3, 0.4) is 0 Å². The molecule has 1 N–H and O–H groups in total. The molecular weight excluding hydrogens is 335 g/mol. The fraction of sp³-hybridized carbons (Fsp3) is 0.357. The van der Waals surface area contributed by atoms with E-state index in [1.807, 2.05) is 0 Å². The molecule has 1 aromatic rings. The van der Waals surface area contributed by atoms with E-state index in [2.05, 4.69) is 11.3 Å². The highest BCUT2D eigenvalue weighted by atomic mass is 32.2. The van der Waals surface area contributed by atoms with Gasteiger partial charge in [-0.1, -0.05) is 23.8 Å². The summed E-state index contributed by atoms with van der Waals surface area (Å²) < 4.78 is 70.8. The molecule has 0 amide bonds. The van der Waals surface area contributed by atoms with E-state index in [4.69, 9.17) is 0 Å². The van der Waals surface area contributed by atoms with Crippen molar-refractivity contribution in [3.8, 4) is 0 Å². The standard InChI is InChI=1S/C14H16F3NO4S/c1-10(2)9-13(12(19)22-3,14(15,16)17)18-23(20,21)11-7-5-4-6-8-11/h4-8,18H,1,9H2,2-3H3/t13-/m0/s1. The lowest BCUT2D eigenvalue weighted by molar-refractivity contribution is -0.207. The van der Waals surface area contributed by atoms with Crippen LogP contribution in [-0.4, -0.2) is 33.2 Å². The van der Waals surface area contributed by atoms with Gasteiger partial charge in [-0.2, -0.15) is 17.9 Å². The van der Waals surface area contributed by atoms with Gasteiger partial charge in [0.25, 0.3) is 0 Å². The van der Waals surface area contributed by atoms with Gasteiger partial charge < -0.3 is 4.74 Å². The van der Waals surface area contributed by atoms with Crippen LogP contribution in [-0.2, 0) is 19.6 Å². The maximum atomic E-state index is 13.6. The predicted molar refractivity (Wildman–Crippen MR) is 77.0 cm³/mol. The number of carbonyl (C=O) groups is 1. The minimum absolute atomic E-state index is 0.0384. The number of carbonyl (C=O) groups excluding carboxylic acids is 1. The summed E-state index contributed by atoms with van der Waals surface area (Å²) in [5, 5.41) is 0. The minimum Gasteiger partial charge on any atom is -0.467 e. The Balaban J connectivity index is 3.46. The topological polar surface area (TPSA) is 72.5 Å². The number of benzene rings is 1. The molecule has 1 rings (SSSR count). The van der Waals surface area contributed by atoms with Crippen LogP contribution in [0.5, 0.6) is 0 Å². The number of nitrogens with one attached hydrogen (secondary N) is 1. The average molecular weight is 351 g/mol. The van der Waals surface area contributed by atoms with Crippen LogP contribution in [0.25, 0.3) is 0 Å². The van der Waals surface area contributed by atoms with Crippen molar-refractivity contribution in [3.05, 3.63) is 42.5 Å². The Hall–Kier alpha value is -1.87. The maximum Gasteiger partial charge on any atom is 0.418 e. The number of sulfonamides is 1. The summed E-state index contributed by atoms with van der Waals surface area (Å²) in [7, 11) is -3.87. The highest BCUT2D eigenvalue weighted by Gasteiger charge is 2.63. The number of methoxy groups -OCH3 is 1. The van der Waals surface area contributed by atoms with E-state index in [0.29, 0.717) is 0 Å². The fourth-order valence-corrected chi connectivity index (χ4v) is 3.30. The second-order valence-corrected chi connectivity index (χ2v) is 6.63. The fourth-order valence-electron chi connectivity index (χ4n) is 1.94. The first kappa shape index (κ1) is 19.2. The molecule has 0 aromatic heterocycles. The summed E-state index contributed by atoms with van der Waals surface area (Å²) in [6.45, 7) is 4.58. The van der Waals surface area contributed by atoms with E-state index in [1.165, 1.54) is 29.8 Å². The number of ether oxygens (including phenoxy) is 1. The van der Waals surface area contributed by atoms with Crippen molar-refractivity contribution in [1.82, 2.24) is 4.72 Å². The van der Waals surface area contributed by atoms with Crippen LogP contribution >= 0.6 is 0 Å². The highest BCUT2D eigenvalue weighted by Crippen LogP contribution is 2.37. The van der Waals surface area contributed by atoms with E-state index in [9.17, 15) is 26.4 Å². The smallest absolute Gasteiger partial charge is 0.418 e. The maximum absolute atomic E-state index is 13.6. The van der Waals surface area contributed by atoms with E-state index in [1.54, 1.807) is 0 Å². The monoisotopic (exact) mass is 351 g/mol. The van der Waals surface area contributed by atoms with E-state index in [0.717, 1.165) is 19.2 Å². The van der Waals surface area contributed by atoms with Gasteiger partial charge >= 0.3 is 12.1 Å². The van der Waals surface area contributed by atoms with Crippen molar-refractivity contribution in [1.29, 1.82) is 0 Å². The van der Waals surface area contributed by atoms with Gasteiger partial charge in [0.2, 0.25) is 15.6 Å². The van der Waals surface area contributed by atoms with Gasteiger partial charge in [0.05, 0.1) is 12.0 Å². The van der Waals surface area contributed by atoms with E-state index >= 15 is 0 Å². The van der Waals surface area contributed by atoms with Gasteiger partial charge in [0.15, 0.2) is 0 Å². The van der Waals surface area contributed by atoms with E-state index in [-0.39, 0.29) is 5.57 Å². The lowest BCUT2D eigenvalue weighted by Crippen LogP contribution is -2.64. The van der Waals surface area contributed by atoms with Gasteiger partial charge in [-0.3, -0.25) is 0 Å². The van der Waals surface area contributed by atoms with Gasteiger partial charge in [-0.15, -0.1) is 6.58 Å². The molecule has 0 radical (unpaired) electrons. The number of hydrogen-bond donors (Lipinski definition) is 1. The summed E-state index contributed by atoms with van der Waals surface area (Å²) in [4.78, 5) is 11.4. The summed E-state index contributed by atoms with van der Waals surface area (Å²) >= 11 is 0. The lowest BCUT2D eigenvalue weighted by atomic mass is 9.92. The molecule has 0 saturated heterocycles. The molecule has 0 saturated carbocycles. The second kappa shape index (κ2) is 6.71. The Morgan fingerprint density at radius 1 is 1.26 bits per heavy atom. The second-order valence-electron chi connectivity index (χ2n) is 4.95. The van der Waals surface area contributed by atoms with Crippen LogP contribution in [0.4, 0.5) is 13.2 Å². The molecule has 0 aliphatic carbocycles. The minimum atomic E-state index is -5.22. The first-order valence-electron chi connectivity index (χ1n) is 6.35. The SMILES string of the molecule is C=C(C)C[C@](NS(=O)(=O)c1ccccc1)(C(=O)OC)C(F)(F)F. The largest absolute Gasteiger partial charge is 0.467 e. The average Bonchev–Trinajstić information content (AvgIpc) is 2.44. The molecule has 128 valence electrons. The quantitative estimate of drug-likeness (QED) is 0.631. The zero-order valence-electron chi connectivity index (χ0n) is 12.5. The molecule has 0 aliphatic rings. The number of esters is 1. The van der Waals surface area contributed by atoms with Crippen LogP contribution in [0, 0.1) is 0 Å². The van der Waals surface area contributed by atoms with Gasteiger partial charge in [0, 0.05) is 6.42 Å². The Morgan fingerprint density at radius 3 is 2.17 bits per heavy atom. The van der Waals surface area contributed by atoms with Crippen LogP contribution in [0.1, 0.15) is 13.3 Å². The molecule has 23 heavy (non-hydrogen) atoms. The van der Waals surface area contributed by atoms with Gasteiger partial charge in [0.1, 0.15) is 0 Å². The molecule has 0 fully saturated rings. The first-order chi connectivity index (χ1) is 10.5. The molecule has 0 bridgehead atoms. The Labute approximate surface area is 132 Å². The lowest BCUT2D eigenvalue weighted by Gasteiger charge is -2.33. The van der Waals surface area contributed by atoms with Crippen LogP contribution in [0.15, 0.2) is 47.4 Å². The van der Waals surface area contributed by atoms with Gasteiger partial charge in [-0.25, -0.2) is 13.2 Å². The Kier molecular flexibility index (Phi) is 5.60. The first-order valence-corrected chi connectivity index (χ1v) is 7.83. The van der Waals surface area contributed by atoms with Gasteiger partial charge in [-0.05, 0) is 19.1 Å². The molecule has 5 nitrogen and oxygen atoms in total. The molecule has 9 heteroatoms. The number of hydrogen-bond acceptors (Lipinski definition) is 4. The van der Waals surface area contributed by atoms with E-state index < -0.39 is 39.0 Å².